The maximum atomic E-state index is 11.7. The van der Waals surface area contributed by atoms with Crippen molar-refractivity contribution < 1.29 is 9.90 Å². The third-order valence-corrected chi connectivity index (χ3v) is 3.15. The summed E-state index contributed by atoms with van der Waals surface area (Å²) in [5.74, 6) is -0.122. The second-order valence-electron chi connectivity index (χ2n) is 4.12. The predicted octanol–water partition coefficient (Wildman–Crippen LogP) is 0.00250. The molecule has 14 heavy (non-hydrogen) atoms. The molecule has 82 valence electrons. The molecule has 4 nitrogen and oxygen atoms in total. The van der Waals surface area contributed by atoms with Gasteiger partial charge in [-0.05, 0) is 25.7 Å². The first-order chi connectivity index (χ1) is 6.67. The van der Waals surface area contributed by atoms with Gasteiger partial charge in [-0.1, -0.05) is 6.92 Å². The summed E-state index contributed by atoms with van der Waals surface area (Å²) in [5.41, 5.74) is 5.15. The van der Waals surface area contributed by atoms with Crippen LogP contribution in [0.2, 0.25) is 0 Å². The van der Waals surface area contributed by atoms with Crippen LogP contribution < -0.4 is 11.1 Å². The summed E-state index contributed by atoms with van der Waals surface area (Å²) in [7, 11) is 0. The molecule has 1 fully saturated rings. The Morgan fingerprint density at radius 2 is 2.29 bits per heavy atom. The molecule has 0 spiro atoms. The highest BCUT2D eigenvalue weighted by molar-refractivity contribution is 5.79. The molecule has 4 N–H and O–H groups in total. The van der Waals surface area contributed by atoms with Gasteiger partial charge in [-0.15, -0.1) is 0 Å². The van der Waals surface area contributed by atoms with Crippen LogP contribution in [0.3, 0.4) is 0 Å². The summed E-state index contributed by atoms with van der Waals surface area (Å²) < 4.78 is 0. The van der Waals surface area contributed by atoms with Crippen LogP contribution in [0.1, 0.15) is 32.6 Å². The Kier molecular flexibility index (Phi) is 3.89. The van der Waals surface area contributed by atoms with E-state index in [4.69, 9.17) is 10.8 Å². The molecular weight excluding hydrogens is 180 g/mol. The van der Waals surface area contributed by atoms with Gasteiger partial charge >= 0.3 is 0 Å². The van der Waals surface area contributed by atoms with E-state index in [1.165, 1.54) is 0 Å². The van der Waals surface area contributed by atoms with Crippen LogP contribution in [0.25, 0.3) is 0 Å². The molecule has 1 saturated carbocycles. The Bertz CT molecular complexity index is 193. The first kappa shape index (κ1) is 11.5. The molecule has 0 aromatic rings. The second kappa shape index (κ2) is 4.75. The summed E-state index contributed by atoms with van der Waals surface area (Å²) in [5, 5.41) is 12.1. The van der Waals surface area contributed by atoms with E-state index in [0.717, 1.165) is 25.7 Å². The molecule has 0 aromatic carbocycles. The van der Waals surface area contributed by atoms with Crippen molar-refractivity contribution in [1.29, 1.82) is 0 Å². The first-order valence-corrected chi connectivity index (χ1v) is 5.30. The minimum Gasteiger partial charge on any atom is -0.394 e. The molecule has 0 radical (unpaired) electrons. The van der Waals surface area contributed by atoms with Gasteiger partial charge in [0.25, 0.3) is 0 Å². The number of hydrogen-bond donors (Lipinski definition) is 3. The number of aliphatic hydroxyl groups excluding tert-OH is 1. The Hall–Kier alpha value is -0.610. The SMILES string of the molecule is CCC(CN)C(=O)NC1(CO)CCC1. The highest BCUT2D eigenvalue weighted by Gasteiger charge is 2.38. The summed E-state index contributed by atoms with van der Waals surface area (Å²) in [6.07, 6.45) is 3.61. The third-order valence-electron chi connectivity index (χ3n) is 3.15. The highest BCUT2D eigenvalue weighted by Crippen LogP contribution is 2.31. The number of nitrogens with two attached hydrogens (primary N) is 1. The van der Waals surface area contributed by atoms with E-state index in [9.17, 15) is 4.79 Å². The Labute approximate surface area is 84.9 Å². The molecular formula is C10H20N2O2. The van der Waals surface area contributed by atoms with Crippen LogP contribution in [0.5, 0.6) is 0 Å². The zero-order chi connectivity index (χ0) is 10.6. The number of nitrogens with one attached hydrogen (secondary N) is 1. The number of amides is 1. The molecule has 0 heterocycles. The molecule has 0 bridgehead atoms. The van der Waals surface area contributed by atoms with Crippen molar-refractivity contribution in [3.05, 3.63) is 0 Å². The third kappa shape index (κ3) is 2.25. The normalized spacial score (nSPS) is 21.1. The standard InChI is InChI=1S/C10H20N2O2/c1-2-8(6-11)9(14)12-10(7-13)4-3-5-10/h8,13H,2-7,11H2,1H3,(H,12,14). The van der Waals surface area contributed by atoms with Crippen LogP contribution in [0.15, 0.2) is 0 Å². The monoisotopic (exact) mass is 200 g/mol. The van der Waals surface area contributed by atoms with Gasteiger partial charge in [0, 0.05) is 12.5 Å². The van der Waals surface area contributed by atoms with Gasteiger partial charge in [0.2, 0.25) is 5.91 Å². The summed E-state index contributed by atoms with van der Waals surface area (Å²) in [6.45, 7) is 2.37. The number of carbonyl (C=O) groups excluding carboxylic acids is 1. The van der Waals surface area contributed by atoms with Gasteiger partial charge in [0.15, 0.2) is 0 Å². The lowest BCUT2D eigenvalue weighted by Gasteiger charge is -2.41. The zero-order valence-electron chi connectivity index (χ0n) is 8.75. The molecule has 0 aromatic heterocycles. The molecule has 1 amide bonds. The molecule has 1 unspecified atom stereocenters. The molecule has 0 aliphatic heterocycles. The van der Waals surface area contributed by atoms with Crippen molar-refractivity contribution in [3.63, 3.8) is 0 Å². The van der Waals surface area contributed by atoms with Gasteiger partial charge in [0.05, 0.1) is 12.1 Å². The highest BCUT2D eigenvalue weighted by atomic mass is 16.3. The van der Waals surface area contributed by atoms with E-state index in [1.807, 2.05) is 6.92 Å². The van der Waals surface area contributed by atoms with E-state index in [1.54, 1.807) is 0 Å². The molecule has 0 saturated heterocycles. The van der Waals surface area contributed by atoms with Crippen LogP contribution in [0, 0.1) is 5.92 Å². The van der Waals surface area contributed by atoms with Crippen LogP contribution in [-0.2, 0) is 4.79 Å². The van der Waals surface area contributed by atoms with Crippen molar-refractivity contribution in [1.82, 2.24) is 5.32 Å². The van der Waals surface area contributed by atoms with Gasteiger partial charge in [-0.25, -0.2) is 0 Å². The van der Waals surface area contributed by atoms with Crippen molar-refractivity contribution in [2.24, 2.45) is 11.7 Å². The Balaban J connectivity index is 2.46. The fraction of sp³-hybridized carbons (Fsp3) is 0.900. The van der Waals surface area contributed by atoms with Gasteiger partial charge in [0.1, 0.15) is 0 Å². The molecule has 1 atom stereocenters. The quantitative estimate of drug-likeness (QED) is 0.585. The fourth-order valence-electron chi connectivity index (χ4n) is 1.75. The van der Waals surface area contributed by atoms with E-state index < -0.39 is 0 Å². The molecule has 1 aliphatic rings. The number of hydrogen-bond acceptors (Lipinski definition) is 3. The van der Waals surface area contributed by atoms with E-state index in [2.05, 4.69) is 5.32 Å². The largest absolute Gasteiger partial charge is 0.394 e. The number of aliphatic hydroxyl groups is 1. The smallest absolute Gasteiger partial charge is 0.224 e. The second-order valence-corrected chi connectivity index (χ2v) is 4.12. The van der Waals surface area contributed by atoms with E-state index in [-0.39, 0.29) is 24.0 Å². The topological polar surface area (TPSA) is 75.4 Å². The minimum atomic E-state index is -0.334. The number of carbonyl (C=O) groups is 1. The van der Waals surface area contributed by atoms with Crippen molar-refractivity contribution in [3.8, 4) is 0 Å². The average Bonchev–Trinajstić information content (AvgIpc) is 2.13. The van der Waals surface area contributed by atoms with Crippen molar-refractivity contribution >= 4 is 5.91 Å². The van der Waals surface area contributed by atoms with E-state index >= 15 is 0 Å². The average molecular weight is 200 g/mol. The molecule has 1 aliphatic carbocycles. The Morgan fingerprint density at radius 3 is 2.57 bits per heavy atom. The van der Waals surface area contributed by atoms with Crippen molar-refractivity contribution in [2.75, 3.05) is 13.2 Å². The van der Waals surface area contributed by atoms with Crippen molar-refractivity contribution in [2.45, 2.75) is 38.1 Å². The zero-order valence-corrected chi connectivity index (χ0v) is 8.75. The van der Waals surface area contributed by atoms with Crippen LogP contribution >= 0.6 is 0 Å². The Morgan fingerprint density at radius 1 is 1.64 bits per heavy atom. The maximum absolute atomic E-state index is 11.7. The molecule has 1 rings (SSSR count). The van der Waals surface area contributed by atoms with Gasteiger partial charge < -0.3 is 16.2 Å². The first-order valence-electron chi connectivity index (χ1n) is 5.30. The molecule has 4 heteroatoms. The van der Waals surface area contributed by atoms with Gasteiger partial charge in [-0.2, -0.15) is 0 Å². The maximum Gasteiger partial charge on any atom is 0.224 e. The lowest BCUT2D eigenvalue weighted by Crippen LogP contribution is -2.57. The number of rotatable bonds is 5. The lowest BCUT2D eigenvalue weighted by atomic mass is 9.77. The van der Waals surface area contributed by atoms with E-state index in [0.29, 0.717) is 6.54 Å². The lowest BCUT2D eigenvalue weighted by molar-refractivity contribution is -0.128. The van der Waals surface area contributed by atoms with Gasteiger partial charge in [-0.3, -0.25) is 4.79 Å². The summed E-state index contributed by atoms with van der Waals surface area (Å²) in [6, 6.07) is 0. The summed E-state index contributed by atoms with van der Waals surface area (Å²) in [4.78, 5) is 11.7. The fourth-order valence-corrected chi connectivity index (χ4v) is 1.75. The van der Waals surface area contributed by atoms with Crippen LogP contribution in [0.4, 0.5) is 0 Å². The predicted molar refractivity (Wildman–Crippen MR) is 54.6 cm³/mol. The summed E-state index contributed by atoms with van der Waals surface area (Å²) >= 11 is 0. The minimum absolute atomic E-state index is 0.0104. The van der Waals surface area contributed by atoms with Crippen LogP contribution in [-0.4, -0.2) is 29.7 Å².